The molecule has 60 valence electrons. The van der Waals surface area contributed by atoms with Crippen LogP contribution < -0.4 is 0 Å². The highest BCUT2D eigenvalue weighted by Gasteiger charge is 2.15. The average Bonchev–Trinajstić information content (AvgIpc) is 2.60. The molecule has 11 heavy (non-hydrogen) atoms. The smallest absolute Gasteiger partial charge is 0.138 e. The minimum absolute atomic E-state index is 0.818. The maximum Gasteiger partial charge on any atom is 0.138 e. The molecule has 0 unspecified atom stereocenters. The largest absolute Gasteiger partial charge is 0.232 e. The molecule has 0 radical (unpaired) electrons. The summed E-state index contributed by atoms with van der Waals surface area (Å²) in [7, 11) is 0. The summed E-state index contributed by atoms with van der Waals surface area (Å²) in [6.45, 7) is 1.01. The van der Waals surface area contributed by atoms with Gasteiger partial charge in [-0.2, -0.15) is 0 Å². The summed E-state index contributed by atoms with van der Waals surface area (Å²) in [4.78, 5) is 0. The number of hydrogen-bond donors (Lipinski definition) is 0. The highest BCUT2D eigenvalue weighted by atomic mass is 15.5. The van der Waals surface area contributed by atoms with E-state index in [2.05, 4.69) is 15.5 Å². The van der Waals surface area contributed by atoms with E-state index in [1.807, 2.05) is 4.68 Å². The Morgan fingerprint density at radius 3 is 2.82 bits per heavy atom. The maximum absolute atomic E-state index is 3.84. The summed E-state index contributed by atoms with van der Waals surface area (Å²) < 4.78 is 1.83. The minimum Gasteiger partial charge on any atom is -0.232 e. The van der Waals surface area contributed by atoms with Crippen LogP contribution in [0.15, 0.2) is 6.33 Å². The van der Waals surface area contributed by atoms with Gasteiger partial charge in [0, 0.05) is 6.54 Å². The third-order valence-electron chi connectivity index (χ3n) is 2.31. The molecule has 1 aromatic heterocycles. The zero-order valence-electron chi connectivity index (χ0n) is 6.48. The van der Waals surface area contributed by atoms with E-state index in [4.69, 9.17) is 0 Å². The van der Waals surface area contributed by atoms with Crippen LogP contribution in [0.2, 0.25) is 0 Å². The van der Waals surface area contributed by atoms with Crippen molar-refractivity contribution in [3.05, 3.63) is 6.33 Å². The second-order valence-corrected chi connectivity index (χ2v) is 3.18. The van der Waals surface area contributed by atoms with Crippen molar-refractivity contribution < 1.29 is 0 Å². The SMILES string of the molecule is c1nnnn1CC1CCCC1. The average molecular weight is 152 g/mol. The Balaban J connectivity index is 1.90. The second kappa shape index (κ2) is 2.98. The lowest BCUT2D eigenvalue weighted by Crippen LogP contribution is -2.07. The van der Waals surface area contributed by atoms with Crippen LogP contribution in [0.1, 0.15) is 25.7 Å². The first-order valence-corrected chi connectivity index (χ1v) is 4.16. The van der Waals surface area contributed by atoms with Gasteiger partial charge < -0.3 is 0 Å². The first-order chi connectivity index (χ1) is 5.45. The Bertz CT molecular complexity index is 200. The van der Waals surface area contributed by atoms with E-state index < -0.39 is 0 Å². The fourth-order valence-corrected chi connectivity index (χ4v) is 1.72. The number of nitrogens with zero attached hydrogens (tertiary/aromatic N) is 4. The third-order valence-corrected chi connectivity index (χ3v) is 2.31. The normalized spacial score (nSPS) is 19.3. The molecular weight excluding hydrogens is 140 g/mol. The van der Waals surface area contributed by atoms with Gasteiger partial charge in [-0.05, 0) is 29.2 Å². The van der Waals surface area contributed by atoms with Crippen LogP contribution in [0.5, 0.6) is 0 Å². The predicted molar refractivity (Wildman–Crippen MR) is 39.8 cm³/mol. The lowest BCUT2D eigenvalue weighted by Gasteiger charge is -2.05. The molecule has 0 atom stereocenters. The van der Waals surface area contributed by atoms with Crippen molar-refractivity contribution in [2.24, 2.45) is 5.92 Å². The summed E-state index contributed by atoms with van der Waals surface area (Å²) in [6.07, 6.45) is 7.15. The fourth-order valence-electron chi connectivity index (χ4n) is 1.72. The monoisotopic (exact) mass is 152 g/mol. The molecule has 4 heteroatoms. The first-order valence-electron chi connectivity index (χ1n) is 4.16. The standard InChI is InChI=1S/C7H12N4/c1-2-4-7(3-1)5-11-6-8-9-10-11/h6-7H,1-5H2. The highest BCUT2D eigenvalue weighted by Crippen LogP contribution is 2.25. The molecule has 1 heterocycles. The van der Waals surface area contributed by atoms with Gasteiger partial charge in [-0.1, -0.05) is 12.8 Å². The third kappa shape index (κ3) is 1.56. The molecule has 0 bridgehead atoms. The molecule has 0 saturated heterocycles. The molecule has 0 aromatic carbocycles. The quantitative estimate of drug-likeness (QED) is 0.631. The van der Waals surface area contributed by atoms with Crippen LogP contribution in [0.25, 0.3) is 0 Å². The maximum atomic E-state index is 3.84. The Hall–Kier alpha value is -0.930. The van der Waals surface area contributed by atoms with Gasteiger partial charge in [0.2, 0.25) is 0 Å². The number of rotatable bonds is 2. The Labute approximate surface area is 65.6 Å². The van der Waals surface area contributed by atoms with Gasteiger partial charge in [-0.3, -0.25) is 0 Å². The van der Waals surface area contributed by atoms with Crippen LogP contribution in [0.4, 0.5) is 0 Å². The van der Waals surface area contributed by atoms with E-state index in [0.29, 0.717) is 0 Å². The first kappa shape index (κ1) is 6.76. The summed E-state index contributed by atoms with van der Waals surface area (Å²) in [5.74, 6) is 0.818. The van der Waals surface area contributed by atoms with Crippen molar-refractivity contribution in [2.45, 2.75) is 32.2 Å². The van der Waals surface area contributed by atoms with Crippen molar-refractivity contribution in [3.63, 3.8) is 0 Å². The van der Waals surface area contributed by atoms with Crippen molar-refractivity contribution in [1.82, 2.24) is 20.2 Å². The van der Waals surface area contributed by atoms with Crippen LogP contribution in [0.3, 0.4) is 0 Å². The van der Waals surface area contributed by atoms with Crippen molar-refractivity contribution >= 4 is 0 Å². The molecule has 4 nitrogen and oxygen atoms in total. The Kier molecular flexibility index (Phi) is 1.83. The molecule has 0 aliphatic heterocycles. The van der Waals surface area contributed by atoms with E-state index in [9.17, 15) is 0 Å². The molecule has 0 spiro atoms. The van der Waals surface area contributed by atoms with E-state index in [1.54, 1.807) is 6.33 Å². The van der Waals surface area contributed by atoms with Gasteiger partial charge in [0.25, 0.3) is 0 Å². The number of tetrazole rings is 1. The molecule has 1 saturated carbocycles. The lowest BCUT2D eigenvalue weighted by molar-refractivity contribution is 0.421. The van der Waals surface area contributed by atoms with Crippen LogP contribution >= 0.6 is 0 Å². The van der Waals surface area contributed by atoms with Gasteiger partial charge in [0.15, 0.2) is 0 Å². The minimum atomic E-state index is 0.818. The number of hydrogen-bond acceptors (Lipinski definition) is 3. The molecule has 1 aliphatic rings. The number of aromatic nitrogens is 4. The summed E-state index contributed by atoms with van der Waals surface area (Å²) in [5, 5.41) is 11.0. The Morgan fingerprint density at radius 1 is 1.36 bits per heavy atom. The predicted octanol–water partition coefficient (Wildman–Crippen LogP) is 0.863. The van der Waals surface area contributed by atoms with Gasteiger partial charge in [0.05, 0.1) is 0 Å². The van der Waals surface area contributed by atoms with Crippen LogP contribution in [0, 0.1) is 5.92 Å². The van der Waals surface area contributed by atoms with Crippen molar-refractivity contribution in [3.8, 4) is 0 Å². The molecule has 0 amide bonds. The second-order valence-electron chi connectivity index (χ2n) is 3.18. The van der Waals surface area contributed by atoms with Gasteiger partial charge >= 0.3 is 0 Å². The molecule has 1 fully saturated rings. The molecule has 1 aliphatic carbocycles. The summed E-state index contributed by atoms with van der Waals surface area (Å²) in [5.41, 5.74) is 0. The van der Waals surface area contributed by atoms with Crippen molar-refractivity contribution in [1.29, 1.82) is 0 Å². The van der Waals surface area contributed by atoms with E-state index in [-0.39, 0.29) is 0 Å². The van der Waals surface area contributed by atoms with Gasteiger partial charge in [0.1, 0.15) is 6.33 Å². The van der Waals surface area contributed by atoms with Crippen LogP contribution in [-0.2, 0) is 6.54 Å². The van der Waals surface area contributed by atoms with E-state index in [0.717, 1.165) is 12.5 Å². The summed E-state index contributed by atoms with van der Waals surface area (Å²) in [6, 6.07) is 0. The topological polar surface area (TPSA) is 43.6 Å². The highest BCUT2D eigenvalue weighted by molar-refractivity contribution is 4.67. The molecule has 2 rings (SSSR count). The lowest BCUT2D eigenvalue weighted by atomic mass is 10.1. The zero-order chi connectivity index (χ0) is 7.52. The van der Waals surface area contributed by atoms with Crippen molar-refractivity contribution in [2.75, 3.05) is 0 Å². The molecule has 1 aromatic rings. The summed E-state index contributed by atoms with van der Waals surface area (Å²) >= 11 is 0. The van der Waals surface area contributed by atoms with Gasteiger partial charge in [-0.15, -0.1) is 5.10 Å². The van der Waals surface area contributed by atoms with Crippen LogP contribution in [-0.4, -0.2) is 20.2 Å². The Morgan fingerprint density at radius 2 is 2.18 bits per heavy atom. The molecular formula is C7H12N4. The van der Waals surface area contributed by atoms with E-state index >= 15 is 0 Å². The molecule has 0 N–H and O–H groups in total. The van der Waals surface area contributed by atoms with E-state index in [1.165, 1.54) is 25.7 Å². The zero-order valence-corrected chi connectivity index (χ0v) is 6.48. The van der Waals surface area contributed by atoms with Gasteiger partial charge in [-0.25, -0.2) is 4.68 Å². The fraction of sp³-hybridized carbons (Fsp3) is 0.857.